The Morgan fingerprint density at radius 3 is 2.40 bits per heavy atom. The molecule has 1 aromatic heterocycles. The van der Waals surface area contributed by atoms with Crippen molar-refractivity contribution in [2.75, 3.05) is 50.2 Å². The number of rotatable bonds is 10. The molecule has 0 aliphatic heterocycles. The lowest BCUT2D eigenvalue weighted by Gasteiger charge is -2.19. The first-order valence-corrected chi connectivity index (χ1v) is 7.11. The van der Waals surface area contributed by atoms with Crippen molar-refractivity contribution in [1.29, 1.82) is 0 Å². The Kier molecular flexibility index (Phi) is 7.64. The van der Waals surface area contributed by atoms with Gasteiger partial charge < -0.3 is 19.7 Å². The molecule has 114 valence electrons. The molecule has 0 spiro atoms. The molecule has 0 saturated heterocycles. The minimum Gasteiger partial charge on any atom is -0.461 e. The second kappa shape index (κ2) is 9.30. The Bertz CT molecular complexity index is 385. The van der Waals surface area contributed by atoms with Gasteiger partial charge in [-0.25, -0.2) is 0 Å². The topological polar surface area (TPSA) is 72.4 Å². The fraction of sp³-hybridized carbons (Fsp3) is 0.769. The van der Waals surface area contributed by atoms with Crippen LogP contribution in [0.3, 0.4) is 0 Å². The first-order chi connectivity index (χ1) is 9.74. The van der Waals surface area contributed by atoms with Crippen molar-refractivity contribution in [2.45, 2.75) is 27.2 Å². The van der Waals surface area contributed by atoms with E-state index >= 15 is 0 Å². The van der Waals surface area contributed by atoms with E-state index in [4.69, 9.17) is 9.47 Å². The summed E-state index contributed by atoms with van der Waals surface area (Å²) in [5.41, 5.74) is 0. The minimum absolute atomic E-state index is 0.331. The lowest BCUT2D eigenvalue weighted by Crippen LogP contribution is -2.25. The van der Waals surface area contributed by atoms with Crippen molar-refractivity contribution in [3.05, 3.63) is 0 Å². The van der Waals surface area contributed by atoms with Crippen LogP contribution in [0.2, 0.25) is 0 Å². The van der Waals surface area contributed by atoms with Gasteiger partial charge in [0.1, 0.15) is 6.61 Å². The van der Waals surface area contributed by atoms with Crippen molar-refractivity contribution in [3.8, 4) is 6.01 Å². The normalized spacial score (nSPS) is 10.4. The van der Waals surface area contributed by atoms with Gasteiger partial charge in [0.2, 0.25) is 11.9 Å². The average molecular weight is 283 g/mol. The van der Waals surface area contributed by atoms with E-state index in [1.54, 1.807) is 7.11 Å². The van der Waals surface area contributed by atoms with Crippen molar-refractivity contribution in [2.24, 2.45) is 0 Å². The lowest BCUT2D eigenvalue weighted by molar-refractivity contribution is 0.141. The van der Waals surface area contributed by atoms with Gasteiger partial charge in [-0.3, -0.25) is 0 Å². The Morgan fingerprint density at radius 2 is 1.80 bits per heavy atom. The fourth-order valence-electron chi connectivity index (χ4n) is 1.59. The van der Waals surface area contributed by atoms with Gasteiger partial charge >= 0.3 is 6.01 Å². The van der Waals surface area contributed by atoms with Gasteiger partial charge in [-0.1, -0.05) is 6.92 Å². The SMILES string of the molecule is CCCNc1nc(OCCOC)nc(N(CC)CC)n1. The Labute approximate surface area is 120 Å². The number of anilines is 2. The molecule has 1 rings (SSSR count). The molecule has 0 saturated carbocycles. The highest BCUT2D eigenvalue weighted by Gasteiger charge is 2.11. The zero-order chi connectivity index (χ0) is 14.8. The van der Waals surface area contributed by atoms with E-state index in [1.165, 1.54) is 0 Å². The van der Waals surface area contributed by atoms with Gasteiger partial charge in [-0.15, -0.1) is 0 Å². The predicted octanol–water partition coefficient (Wildman–Crippen LogP) is 1.56. The summed E-state index contributed by atoms with van der Waals surface area (Å²) in [7, 11) is 1.63. The predicted molar refractivity (Wildman–Crippen MR) is 79.5 cm³/mol. The molecule has 0 atom stereocenters. The van der Waals surface area contributed by atoms with Crippen molar-refractivity contribution < 1.29 is 9.47 Å². The van der Waals surface area contributed by atoms with Crippen LogP contribution in [-0.4, -0.2) is 54.9 Å². The summed E-state index contributed by atoms with van der Waals surface area (Å²) < 4.78 is 10.4. The molecule has 0 radical (unpaired) electrons. The van der Waals surface area contributed by atoms with Gasteiger partial charge in [0.25, 0.3) is 0 Å². The molecule has 0 fully saturated rings. The molecule has 0 bridgehead atoms. The van der Waals surface area contributed by atoms with E-state index in [-0.39, 0.29) is 0 Å². The van der Waals surface area contributed by atoms with E-state index in [1.807, 2.05) is 0 Å². The summed E-state index contributed by atoms with van der Waals surface area (Å²) in [6.45, 7) is 9.65. The number of nitrogens with one attached hydrogen (secondary N) is 1. The number of hydrogen-bond acceptors (Lipinski definition) is 7. The molecule has 1 aromatic rings. The lowest BCUT2D eigenvalue weighted by atomic mass is 10.5. The molecule has 0 amide bonds. The van der Waals surface area contributed by atoms with Gasteiger partial charge in [0.05, 0.1) is 6.61 Å². The molecule has 7 nitrogen and oxygen atoms in total. The van der Waals surface area contributed by atoms with Crippen LogP contribution in [-0.2, 0) is 4.74 Å². The average Bonchev–Trinajstić information content (AvgIpc) is 2.47. The summed E-state index contributed by atoms with van der Waals surface area (Å²) >= 11 is 0. The van der Waals surface area contributed by atoms with Gasteiger partial charge in [-0.2, -0.15) is 15.0 Å². The molecule has 0 aliphatic carbocycles. The van der Waals surface area contributed by atoms with Crippen LogP contribution in [0.5, 0.6) is 6.01 Å². The highest BCUT2D eigenvalue weighted by atomic mass is 16.5. The molecule has 0 unspecified atom stereocenters. The van der Waals surface area contributed by atoms with Gasteiger partial charge in [0, 0.05) is 26.7 Å². The number of hydrogen-bond donors (Lipinski definition) is 1. The van der Waals surface area contributed by atoms with Crippen LogP contribution in [0.4, 0.5) is 11.9 Å². The Morgan fingerprint density at radius 1 is 1.05 bits per heavy atom. The van der Waals surface area contributed by atoms with Crippen LogP contribution in [0.25, 0.3) is 0 Å². The summed E-state index contributed by atoms with van der Waals surface area (Å²) in [4.78, 5) is 15.1. The second-order valence-electron chi connectivity index (χ2n) is 4.18. The zero-order valence-electron chi connectivity index (χ0n) is 12.8. The van der Waals surface area contributed by atoms with Crippen LogP contribution in [0.15, 0.2) is 0 Å². The zero-order valence-corrected chi connectivity index (χ0v) is 12.8. The molecule has 0 aromatic carbocycles. The summed E-state index contributed by atoms with van der Waals surface area (Å²) in [6.07, 6.45) is 1.01. The van der Waals surface area contributed by atoms with E-state index < -0.39 is 0 Å². The van der Waals surface area contributed by atoms with E-state index in [2.05, 4.69) is 45.9 Å². The van der Waals surface area contributed by atoms with E-state index in [0.717, 1.165) is 26.1 Å². The summed E-state index contributed by atoms with van der Waals surface area (Å²) in [5, 5.41) is 3.17. The first kappa shape index (κ1) is 16.4. The quantitative estimate of drug-likeness (QED) is 0.653. The first-order valence-electron chi connectivity index (χ1n) is 7.11. The maximum atomic E-state index is 5.49. The Balaban J connectivity index is 2.88. The molecule has 1 N–H and O–H groups in total. The maximum absolute atomic E-state index is 5.49. The number of ether oxygens (including phenoxy) is 2. The monoisotopic (exact) mass is 283 g/mol. The summed E-state index contributed by atoms with van der Waals surface area (Å²) in [6, 6.07) is 0.331. The standard InChI is InChI=1S/C13H25N5O2/c1-5-8-14-11-15-12(18(6-2)7-3)17-13(16-11)20-10-9-19-4/h5-10H2,1-4H3,(H,14,15,16,17). The van der Waals surface area contributed by atoms with Crippen LogP contribution in [0.1, 0.15) is 27.2 Å². The largest absolute Gasteiger partial charge is 0.461 e. The van der Waals surface area contributed by atoms with Crippen LogP contribution < -0.4 is 15.0 Å². The highest BCUT2D eigenvalue weighted by Crippen LogP contribution is 2.14. The maximum Gasteiger partial charge on any atom is 0.323 e. The number of aromatic nitrogens is 3. The van der Waals surface area contributed by atoms with Crippen molar-refractivity contribution in [1.82, 2.24) is 15.0 Å². The van der Waals surface area contributed by atoms with Crippen molar-refractivity contribution in [3.63, 3.8) is 0 Å². The molecule has 1 heterocycles. The molecular weight excluding hydrogens is 258 g/mol. The second-order valence-corrected chi connectivity index (χ2v) is 4.18. The molecule has 7 heteroatoms. The summed E-state index contributed by atoms with van der Waals surface area (Å²) in [5.74, 6) is 1.19. The van der Waals surface area contributed by atoms with Gasteiger partial charge in [0.15, 0.2) is 0 Å². The van der Waals surface area contributed by atoms with Crippen LogP contribution >= 0.6 is 0 Å². The van der Waals surface area contributed by atoms with Crippen LogP contribution in [0, 0.1) is 0 Å². The molecule has 0 aliphatic rings. The third-order valence-corrected chi connectivity index (χ3v) is 2.70. The third kappa shape index (κ3) is 5.16. The third-order valence-electron chi connectivity index (χ3n) is 2.70. The van der Waals surface area contributed by atoms with Crippen molar-refractivity contribution >= 4 is 11.9 Å². The molecular formula is C13H25N5O2. The van der Waals surface area contributed by atoms with E-state index in [0.29, 0.717) is 31.1 Å². The highest BCUT2D eigenvalue weighted by molar-refractivity contribution is 5.38. The molecule has 20 heavy (non-hydrogen) atoms. The van der Waals surface area contributed by atoms with E-state index in [9.17, 15) is 0 Å². The Hall–Kier alpha value is -1.63. The number of methoxy groups -OCH3 is 1. The minimum atomic E-state index is 0.331. The van der Waals surface area contributed by atoms with Gasteiger partial charge in [-0.05, 0) is 20.3 Å². The number of nitrogens with zero attached hydrogens (tertiary/aromatic N) is 4. The fourth-order valence-corrected chi connectivity index (χ4v) is 1.59. The smallest absolute Gasteiger partial charge is 0.323 e.